The summed E-state index contributed by atoms with van der Waals surface area (Å²) in [5.41, 5.74) is 8.47. The van der Waals surface area contributed by atoms with Gasteiger partial charge in [0.2, 0.25) is 0 Å². The lowest BCUT2D eigenvalue weighted by Gasteiger charge is -2.07. The van der Waals surface area contributed by atoms with Crippen LogP contribution < -0.4 is 5.73 Å². The lowest BCUT2D eigenvalue weighted by atomic mass is 10.0. The Hall–Kier alpha value is -1.35. The number of para-hydroxylation sites is 1. The first kappa shape index (κ1) is 9.85. The Balaban J connectivity index is 2.01. The van der Waals surface area contributed by atoms with Crippen LogP contribution in [-0.2, 0) is 7.05 Å². The van der Waals surface area contributed by atoms with Crippen molar-refractivity contribution in [1.82, 2.24) is 9.78 Å². The predicted octanol–water partition coefficient (Wildman–Crippen LogP) is 2.37. The third kappa shape index (κ3) is 1.61. The fourth-order valence-corrected chi connectivity index (χ4v) is 2.34. The molecule has 2 N–H and O–H groups in total. The van der Waals surface area contributed by atoms with Crippen molar-refractivity contribution in [2.24, 2.45) is 18.7 Å². The summed E-state index contributed by atoms with van der Waals surface area (Å²) in [6.45, 7) is 0. The first-order valence-corrected chi connectivity index (χ1v) is 5.93. The molecule has 1 aromatic heterocycles. The Bertz CT molecular complexity index is 511. The van der Waals surface area contributed by atoms with Crippen LogP contribution in [0.2, 0.25) is 0 Å². The number of hydrogen-bond donors (Lipinski definition) is 1. The molecule has 1 fully saturated rings. The maximum Gasteiger partial charge on any atom is 0.0870 e. The molecule has 0 radical (unpaired) electrons. The standard InChI is InChI=1S/C13H17N3/c1-16-12-5-3-2-4-10(12)13(15-16)11(14)8-9-6-7-9/h2-5,9,11H,6-8,14H2,1H3. The van der Waals surface area contributed by atoms with Crippen LogP contribution in [0.5, 0.6) is 0 Å². The number of aromatic nitrogens is 2. The Morgan fingerprint density at radius 3 is 2.94 bits per heavy atom. The van der Waals surface area contributed by atoms with Crippen molar-refractivity contribution in [2.45, 2.75) is 25.3 Å². The van der Waals surface area contributed by atoms with Gasteiger partial charge in [-0.15, -0.1) is 0 Å². The van der Waals surface area contributed by atoms with Gasteiger partial charge in [-0.05, 0) is 18.4 Å². The van der Waals surface area contributed by atoms with Gasteiger partial charge in [-0.3, -0.25) is 4.68 Å². The maximum atomic E-state index is 6.24. The number of aryl methyl sites for hydroxylation is 1. The van der Waals surface area contributed by atoms with Crippen LogP contribution in [0.25, 0.3) is 10.9 Å². The van der Waals surface area contributed by atoms with Gasteiger partial charge in [-0.2, -0.15) is 5.10 Å². The molecule has 3 rings (SSSR count). The number of nitrogens with zero attached hydrogens (tertiary/aromatic N) is 2. The van der Waals surface area contributed by atoms with E-state index in [0.717, 1.165) is 18.0 Å². The molecule has 0 spiro atoms. The Labute approximate surface area is 95.2 Å². The number of hydrogen-bond acceptors (Lipinski definition) is 2. The summed E-state index contributed by atoms with van der Waals surface area (Å²) in [4.78, 5) is 0. The first-order chi connectivity index (χ1) is 7.75. The summed E-state index contributed by atoms with van der Waals surface area (Å²) in [6, 6.07) is 8.40. The molecule has 1 unspecified atom stereocenters. The highest BCUT2D eigenvalue weighted by molar-refractivity contribution is 5.82. The SMILES string of the molecule is Cn1nc(C(N)CC2CC2)c2ccccc21. The zero-order chi connectivity index (χ0) is 11.1. The molecule has 0 bridgehead atoms. The predicted molar refractivity (Wildman–Crippen MR) is 65.0 cm³/mol. The minimum absolute atomic E-state index is 0.0959. The fourth-order valence-electron chi connectivity index (χ4n) is 2.34. The molecule has 84 valence electrons. The average Bonchev–Trinajstić information content (AvgIpc) is 3.03. The molecule has 1 saturated carbocycles. The van der Waals surface area contributed by atoms with Crippen molar-refractivity contribution in [3.8, 4) is 0 Å². The summed E-state index contributed by atoms with van der Waals surface area (Å²) >= 11 is 0. The van der Waals surface area contributed by atoms with Gasteiger partial charge in [-0.1, -0.05) is 31.0 Å². The highest BCUT2D eigenvalue weighted by Gasteiger charge is 2.26. The number of rotatable bonds is 3. The molecule has 0 saturated heterocycles. The van der Waals surface area contributed by atoms with Crippen molar-refractivity contribution >= 4 is 10.9 Å². The van der Waals surface area contributed by atoms with Crippen molar-refractivity contribution in [2.75, 3.05) is 0 Å². The van der Waals surface area contributed by atoms with Gasteiger partial charge in [0.15, 0.2) is 0 Å². The highest BCUT2D eigenvalue weighted by atomic mass is 15.3. The molecule has 0 aliphatic heterocycles. The van der Waals surface area contributed by atoms with Crippen LogP contribution in [0.1, 0.15) is 31.0 Å². The van der Waals surface area contributed by atoms with E-state index in [2.05, 4.69) is 23.3 Å². The quantitative estimate of drug-likeness (QED) is 0.854. The van der Waals surface area contributed by atoms with Crippen LogP contribution in [-0.4, -0.2) is 9.78 Å². The molecule has 1 aliphatic rings. The van der Waals surface area contributed by atoms with Crippen molar-refractivity contribution in [3.63, 3.8) is 0 Å². The van der Waals surface area contributed by atoms with Crippen molar-refractivity contribution in [3.05, 3.63) is 30.0 Å². The zero-order valence-corrected chi connectivity index (χ0v) is 9.56. The van der Waals surface area contributed by atoms with E-state index in [9.17, 15) is 0 Å². The normalized spacial score (nSPS) is 17.9. The van der Waals surface area contributed by atoms with Gasteiger partial charge in [0.05, 0.1) is 11.2 Å². The molecule has 2 aromatic rings. The molecule has 1 heterocycles. The van der Waals surface area contributed by atoms with E-state index < -0.39 is 0 Å². The van der Waals surface area contributed by atoms with Gasteiger partial charge in [-0.25, -0.2) is 0 Å². The van der Waals surface area contributed by atoms with E-state index in [1.165, 1.54) is 23.7 Å². The Morgan fingerprint density at radius 1 is 1.44 bits per heavy atom. The van der Waals surface area contributed by atoms with E-state index >= 15 is 0 Å². The van der Waals surface area contributed by atoms with E-state index in [-0.39, 0.29) is 6.04 Å². The fraction of sp³-hybridized carbons (Fsp3) is 0.462. The van der Waals surface area contributed by atoms with E-state index in [0.29, 0.717) is 0 Å². The lowest BCUT2D eigenvalue weighted by molar-refractivity contribution is 0.575. The van der Waals surface area contributed by atoms with Crippen LogP contribution in [0, 0.1) is 5.92 Å². The summed E-state index contributed by atoms with van der Waals surface area (Å²) in [5.74, 6) is 0.843. The third-order valence-electron chi connectivity index (χ3n) is 3.42. The Kier molecular flexibility index (Phi) is 2.21. The molecule has 3 nitrogen and oxygen atoms in total. The highest BCUT2D eigenvalue weighted by Crippen LogP contribution is 2.37. The number of nitrogens with two attached hydrogens (primary N) is 1. The van der Waals surface area contributed by atoms with Crippen molar-refractivity contribution in [1.29, 1.82) is 0 Å². The van der Waals surface area contributed by atoms with Gasteiger partial charge in [0.1, 0.15) is 0 Å². The molecule has 0 amide bonds. The molecule has 1 atom stereocenters. The molecule has 3 heteroatoms. The lowest BCUT2D eigenvalue weighted by Crippen LogP contribution is -2.12. The molecule has 1 aliphatic carbocycles. The second kappa shape index (κ2) is 3.59. The number of fused-ring (bicyclic) bond motifs is 1. The molecule has 1 aromatic carbocycles. The average molecular weight is 215 g/mol. The minimum atomic E-state index is 0.0959. The van der Waals surface area contributed by atoms with Gasteiger partial charge >= 0.3 is 0 Å². The van der Waals surface area contributed by atoms with Crippen LogP contribution >= 0.6 is 0 Å². The topological polar surface area (TPSA) is 43.8 Å². The maximum absolute atomic E-state index is 6.24. The van der Waals surface area contributed by atoms with Crippen molar-refractivity contribution < 1.29 is 0 Å². The first-order valence-electron chi connectivity index (χ1n) is 5.93. The van der Waals surface area contributed by atoms with E-state index in [1.54, 1.807) is 0 Å². The third-order valence-corrected chi connectivity index (χ3v) is 3.42. The zero-order valence-electron chi connectivity index (χ0n) is 9.56. The van der Waals surface area contributed by atoms with Crippen LogP contribution in [0.4, 0.5) is 0 Å². The van der Waals surface area contributed by atoms with Gasteiger partial charge < -0.3 is 5.73 Å². The minimum Gasteiger partial charge on any atom is -0.323 e. The van der Waals surface area contributed by atoms with E-state index in [4.69, 9.17) is 5.73 Å². The second-order valence-corrected chi connectivity index (χ2v) is 4.81. The summed E-state index contributed by atoms with van der Waals surface area (Å²) in [5, 5.41) is 5.77. The van der Waals surface area contributed by atoms with Crippen LogP contribution in [0.3, 0.4) is 0 Å². The smallest absolute Gasteiger partial charge is 0.0870 e. The van der Waals surface area contributed by atoms with Gasteiger partial charge in [0.25, 0.3) is 0 Å². The molecular formula is C13H17N3. The largest absolute Gasteiger partial charge is 0.323 e. The summed E-state index contributed by atoms with van der Waals surface area (Å²) < 4.78 is 1.93. The van der Waals surface area contributed by atoms with Gasteiger partial charge in [0, 0.05) is 18.5 Å². The summed E-state index contributed by atoms with van der Waals surface area (Å²) in [7, 11) is 1.98. The monoisotopic (exact) mass is 215 g/mol. The summed E-state index contributed by atoms with van der Waals surface area (Å²) in [6.07, 6.45) is 3.78. The van der Waals surface area contributed by atoms with Crippen LogP contribution in [0.15, 0.2) is 24.3 Å². The number of benzene rings is 1. The molecular weight excluding hydrogens is 198 g/mol. The van der Waals surface area contributed by atoms with E-state index in [1.807, 2.05) is 17.8 Å². The molecule has 16 heavy (non-hydrogen) atoms. The second-order valence-electron chi connectivity index (χ2n) is 4.81. The Morgan fingerprint density at radius 2 is 2.19 bits per heavy atom.